The summed E-state index contributed by atoms with van der Waals surface area (Å²) in [6.45, 7) is 1.81. The highest BCUT2D eigenvalue weighted by Gasteiger charge is 2.38. The molecule has 2 N–H and O–H groups in total. The first kappa shape index (κ1) is 15.6. The van der Waals surface area contributed by atoms with Crippen LogP contribution in [0.5, 0.6) is 0 Å². The van der Waals surface area contributed by atoms with E-state index in [1.165, 1.54) is 0 Å². The summed E-state index contributed by atoms with van der Waals surface area (Å²) in [6, 6.07) is 6.48. The lowest BCUT2D eigenvalue weighted by molar-refractivity contribution is -0.159. The Labute approximate surface area is 117 Å². The van der Waals surface area contributed by atoms with Gasteiger partial charge in [0.15, 0.2) is 0 Å². The van der Waals surface area contributed by atoms with E-state index in [9.17, 15) is 13.2 Å². The average Bonchev–Trinajstić information content (AvgIpc) is 2.78. The van der Waals surface area contributed by atoms with E-state index in [2.05, 4.69) is 14.7 Å². The lowest BCUT2D eigenvalue weighted by Crippen LogP contribution is -2.05. The third kappa shape index (κ3) is 3.54. The minimum absolute atomic E-state index is 0. The third-order valence-electron chi connectivity index (χ3n) is 2.36. The van der Waals surface area contributed by atoms with Crippen molar-refractivity contribution in [3.05, 3.63) is 35.7 Å². The Morgan fingerprint density at radius 1 is 1.21 bits per heavy atom. The van der Waals surface area contributed by atoms with Crippen LogP contribution >= 0.6 is 17.0 Å². The number of hydrogen-bond acceptors (Lipinski definition) is 4. The molecule has 2 rings (SSSR count). The summed E-state index contributed by atoms with van der Waals surface area (Å²) in [6.07, 6.45) is -4.63. The van der Waals surface area contributed by atoms with Crippen LogP contribution in [0.1, 0.15) is 24.4 Å². The number of halogens is 4. The number of alkyl halides is 3. The van der Waals surface area contributed by atoms with Gasteiger partial charge < -0.3 is 10.3 Å². The molecule has 0 saturated heterocycles. The van der Waals surface area contributed by atoms with Crippen molar-refractivity contribution in [2.75, 3.05) is 0 Å². The van der Waals surface area contributed by atoms with Crippen LogP contribution in [0.2, 0.25) is 0 Å². The fraction of sp³-hybridized carbons (Fsp3) is 0.273. The fourth-order valence-electron chi connectivity index (χ4n) is 1.39. The van der Waals surface area contributed by atoms with Crippen LogP contribution in [-0.4, -0.2) is 10.1 Å². The molecule has 1 unspecified atom stereocenters. The molecule has 8 heteroatoms. The Balaban J connectivity index is 0.00000180. The van der Waals surface area contributed by atoms with Crippen molar-refractivity contribution in [1.82, 2.24) is 10.1 Å². The van der Waals surface area contributed by atoms with Gasteiger partial charge in [-0.3, -0.25) is 0 Å². The minimum atomic E-state index is -4.63. The SMILES string of the molecule is Br.CC(N)c1ccc(-c2noc(C(F)(F)F)n2)cc1. The maximum absolute atomic E-state index is 12.3. The van der Waals surface area contributed by atoms with Gasteiger partial charge in [-0.1, -0.05) is 29.4 Å². The van der Waals surface area contributed by atoms with Crippen molar-refractivity contribution in [3.8, 4) is 11.4 Å². The molecule has 1 aromatic carbocycles. The van der Waals surface area contributed by atoms with Gasteiger partial charge in [-0.15, -0.1) is 17.0 Å². The first-order valence-corrected chi connectivity index (χ1v) is 5.15. The monoisotopic (exact) mass is 337 g/mol. The highest BCUT2D eigenvalue weighted by Crippen LogP contribution is 2.29. The molecule has 0 fully saturated rings. The van der Waals surface area contributed by atoms with Crippen molar-refractivity contribution in [3.63, 3.8) is 0 Å². The van der Waals surface area contributed by atoms with Crippen LogP contribution in [0, 0.1) is 0 Å². The van der Waals surface area contributed by atoms with E-state index in [1.807, 2.05) is 6.92 Å². The summed E-state index contributed by atoms with van der Waals surface area (Å²) in [4.78, 5) is 3.29. The Bertz CT molecular complexity index is 537. The molecule has 1 atom stereocenters. The van der Waals surface area contributed by atoms with Gasteiger partial charge in [0.25, 0.3) is 0 Å². The molecule has 0 bridgehead atoms. The Morgan fingerprint density at radius 3 is 2.21 bits per heavy atom. The number of nitrogens with two attached hydrogens (primary N) is 1. The molecule has 0 spiro atoms. The number of hydrogen-bond donors (Lipinski definition) is 1. The zero-order valence-electron chi connectivity index (χ0n) is 9.81. The average molecular weight is 338 g/mol. The van der Waals surface area contributed by atoms with E-state index < -0.39 is 12.1 Å². The van der Waals surface area contributed by atoms with Crippen molar-refractivity contribution in [1.29, 1.82) is 0 Å². The Hall–Kier alpha value is -1.41. The van der Waals surface area contributed by atoms with Crippen LogP contribution in [-0.2, 0) is 6.18 Å². The molecule has 4 nitrogen and oxygen atoms in total. The lowest BCUT2D eigenvalue weighted by Gasteiger charge is -2.04. The predicted octanol–water partition coefficient (Wildman–Crippen LogP) is 3.35. The van der Waals surface area contributed by atoms with Crippen LogP contribution in [0.4, 0.5) is 13.2 Å². The molecule has 104 valence electrons. The van der Waals surface area contributed by atoms with Gasteiger partial charge in [0.2, 0.25) is 5.82 Å². The summed E-state index contributed by atoms with van der Waals surface area (Å²) < 4.78 is 41.0. The molecule has 0 saturated carbocycles. The van der Waals surface area contributed by atoms with Crippen LogP contribution < -0.4 is 5.73 Å². The maximum Gasteiger partial charge on any atom is 0.471 e. The maximum atomic E-state index is 12.3. The molecule has 0 amide bonds. The zero-order chi connectivity index (χ0) is 13.3. The van der Waals surface area contributed by atoms with Gasteiger partial charge in [0, 0.05) is 11.6 Å². The highest BCUT2D eigenvalue weighted by atomic mass is 79.9. The van der Waals surface area contributed by atoms with E-state index in [1.54, 1.807) is 24.3 Å². The van der Waals surface area contributed by atoms with Crippen LogP contribution in [0.3, 0.4) is 0 Å². The van der Waals surface area contributed by atoms with Gasteiger partial charge >= 0.3 is 12.1 Å². The largest absolute Gasteiger partial charge is 0.471 e. The molecule has 0 aliphatic carbocycles. The number of aromatic nitrogens is 2. The van der Waals surface area contributed by atoms with Crippen molar-refractivity contribution >= 4 is 17.0 Å². The molecular weight excluding hydrogens is 327 g/mol. The zero-order valence-corrected chi connectivity index (χ0v) is 11.5. The fourth-order valence-corrected chi connectivity index (χ4v) is 1.39. The van der Waals surface area contributed by atoms with E-state index >= 15 is 0 Å². The predicted molar refractivity (Wildman–Crippen MR) is 67.7 cm³/mol. The van der Waals surface area contributed by atoms with E-state index in [0.29, 0.717) is 5.56 Å². The van der Waals surface area contributed by atoms with Crippen molar-refractivity contribution in [2.45, 2.75) is 19.1 Å². The normalized spacial score (nSPS) is 12.9. The number of benzene rings is 1. The summed E-state index contributed by atoms with van der Waals surface area (Å²) in [5.41, 5.74) is 6.98. The van der Waals surface area contributed by atoms with Gasteiger partial charge in [-0.05, 0) is 12.5 Å². The molecule has 2 aromatic rings. The Morgan fingerprint density at radius 2 is 1.79 bits per heavy atom. The highest BCUT2D eigenvalue weighted by molar-refractivity contribution is 8.93. The summed E-state index contributed by atoms with van der Waals surface area (Å²) in [5.74, 6) is -1.45. The molecule has 19 heavy (non-hydrogen) atoms. The van der Waals surface area contributed by atoms with Crippen LogP contribution in [0.15, 0.2) is 28.8 Å². The molecule has 0 aliphatic rings. The van der Waals surface area contributed by atoms with E-state index in [0.717, 1.165) is 5.56 Å². The molecule has 1 aromatic heterocycles. The number of rotatable bonds is 2. The molecular formula is C11H11BrF3N3O. The standard InChI is InChI=1S/C11H10F3N3O.BrH/c1-6(15)7-2-4-8(5-3-7)9-16-10(18-17-9)11(12,13)14;/h2-6H,15H2,1H3;1H. The third-order valence-corrected chi connectivity index (χ3v) is 2.36. The van der Waals surface area contributed by atoms with Gasteiger partial charge in [0.1, 0.15) is 0 Å². The Kier molecular flexibility index (Phi) is 4.70. The second-order valence-corrected chi connectivity index (χ2v) is 3.83. The topological polar surface area (TPSA) is 64.9 Å². The van der Waals surface area contributed by atoms with E-state index in [4.69, 9.17) is 5.73 Å². The van der Waals surface area contributed by atoms with Gasteiger partial charge in [-0.25, -0.2) is 0 Å². The summed E-state index contributed by atoms with van der Waals surface area (Å²) in [7, 11) is 0. The van der Waals surface area contributed by atoms with Crippen LogP contribution in [0.25, 0.3) is 11.4 Å². The minimum Gasteiger partial charge on any atom is -0.329 e. The first-order chi connectivity index (χ1) is 8.38. The van der Waals surface area contributed by atoms with E-state index in [-0.39, 0.29) is 28.8 Å². The lowest BCUT2D eigenvalue weighted by atomic mass is 10.1. The molecule has 0 radical (unpaired) electrons. The summed E-state index contributed by atoms with van der Waals surface area (Å²) in [5, 5.41) is 3.29. The molecule has 0 aliphatic heterocycles. The number of nitrogens with zero attached hydrogens (tertiary/aromatic N) is 2. The summed E-state index contributed by atoms with van der Waals surface area (Å²) >= 11 is 0. The quantitative estimate of drug-likeness (QED) is 0.912. The first-order valence-electron chi connectivity index (χ1n) is 5.15. The van der Waals surface area contributed by atoms with Gasteiger partial charge in [0.05, 0.1) is 0 Å². The second kappa shape index (κ2) is 5.70. The smallest absolute Gasteiger partial charge is 0.329 e. The van der Waals surface area contributed by atoms with Crippen molar-refractivity contribution < 1.29 is 17.7 Å². The van der Waals surface area contributed by atoms with Crippen molar-refractivity contribution in [2.24, 2.45) is 5.73 Å². The second-order valence-electron chi connectivity index (χ2n) is 3.83. The molecule has 1 heterocycles. The van der Waals surface area contributed by atoms with Gasteiger partial charge in [-0.2, -0.15) is 18.2 Å².